The topological polar surface area (TPSA) is 34.0 Å². The molecule has 1 aromatic rings. The van der Waals surface area contributed by atoms with Crippen molar-refractivity contribution in [1.82, 2.24) is 9.88 Å². The van der Waals surface area contributed by atoms with Crippen molar-refractivity contribution < 1.29 is 4.79 Å². The second kappa shape index (κ2) is 4.42. The van der Waals surface area contributed by atoms with E-state index in [2.05, 4.69) is 23.7 Å². The van der Waals surface area contributed by atoms with E-state index in [-0.39, 0.29) is 5.78 Å². The van der Waals surface area contributed by atoms with Crippen LogP contribution in [-0.4, -0.2) is 22.9 Å². The van der Waals surface area contributed by atoms with Crippen molar-refractivity contribution in [2.75, 3.05) is 6.54 Å². The number of hydrogen-bond donors (Lipinski definition) is 1. The number of nitrogens with zero attached hydrogens (tertiary/aromatic N) is 1. The summed E-state index contributed by atoms with van der Waals surface area (Å²) in [7, 11) is 0. The van der Waals surface area contributed by atoms with Crippen molar-refractivity contribution in [3.63, 3.8) is 0 Å². The zero-order valence-electron chi connectivity index (χ0n) is 10.3. The summed E-state index contributed by atoms with van der Waals surface area (Å²) >= 11 is 0. The lowest BCUT2D eigenvalue weighted by Gasteiger charge is -2.06. The van der Waals surface area contributed by atoms with Crippen LogP contribution in [0.4, 0.5) is 0 Å². The Labute approximate surface area is 96.8 Å². The minimum atomic E-state index is 0.222. The molecule has 88 valence electrons. The van der Waals surface area contributed by atoms with Gasteiger partial charge in [0.15, 0.2) is 5.78 Å². The van der Waals surface area contributed by atoms with Crippen LogP contribution in [0.1, 0.15) is 41.5 Å². The number of hydrogen-bond acceptors (Lipinski definition) is 2. The van der Waals surface area contributed by atoms with Gasteiger partial charge < -0.3 is 9.88 Å². The standard InChI is InChI=1S/C13H20N2O/c1-4-15-9(2)7-12(10(15)3)13(16)8-14-11-5-6-11/h7,11,14H,4-6,8H2,1-3H3. The van der Waals surface area contributed by atoms with Gasteiger partial charge >= 0.3 is 0 Å². The molecule has 0 atom stereocenters. The summed E-state index contributed by atoms with van der Waals surface area (Å²) in [4.78, 5) is 12.0. The monoisotopic (exact) mass is 220 g/mol. The minimum Gasteiger partial charge on any atom is -0.349 e. The van der Waals surface area contributed by atoms with Crippen LogP contribution in [0.3, 0.4) is 0 Å². The molecule has 1 aromatic heterocycles. The molecule has 2 rings (SSSR count). The van der Waals surface area contributed by atoms with Gasteiger partial charge in [0.05, 0.1) is 6.54 Å². The Balaban J connectivity index is 2.09. The van der Waals surface area contributed by atoms with E-state index in [4.69, 9.17) is 0 Å². The van der Waals surface area contributed by atoms with Crippen LogP contribution in [0.25, 0.3) is 0 Å². The molecule has 0 unspecified atom stereocenters. The maximum atomic E-state index is 12.0. The van der Waals surface area contributed by atoms with Crippen molar-refractivity contribution in [3.8, 4) is 0 Å². The molecule has 16 heavy (non-hydrogen) atoms. The highest BCUT2D eigenvalue weighted by Crippen LogP contribution is 2.19. The molecule has 1 N–H and O–H groups in total. The van der Waals surface area contributed by atoms with Crippen LogP contribution < -0.4 is 5.32 Å². The molecular formula is C13H20N2O. The van der Waals surface area contributed by atoms with Crippen LogP contribution in [0.15, 0.2) is 6.07 Å². The van der Waals surface area contributed by atoms with Crippen molar-refractivity contribution in [1.29, 1.82) is 0 Å². The molecule has 3 heteroatoms. The fourth-order valence-electron chi connectivity index (χ4n) is 2.19. The van der Waals surface area contributed by atoms with E-state index in [1.54, 1.807) is 0 Å². The third-order valence-electron chi connectivity index (χ3n) is 3.32. The SMILES string of the molecule is CCn1c(C)cc(C(=O)CNC2CC2)c1C. The Morgan fingerprint density at radius 1 is 1.50 bits per heavy atom. The third-order valence-corrected chi connectivity index (χ3v) is 3.32. The molecular weight excluding hydrogens is 200 g/mol. The highest BCUT2D eigenvalue weighted by molar-refractivity contribution is 5.99. The van der Waals surface area contributed by atoms with E-state index < -0.39 is 0 Å². The van der Waals surface area contributed by atoms with Gasteiger partial charge in [0.1, 0.15) is 0 Å². The van der Waals surface area contributed by atoms with Crippen molar-refractivity contribution in [2.45, 2.75) is 46.2 Å². The predicted octanol–water partition coefficient (Wildman–Crippen LogP) is 2.06. The molecule has 0 aromatic carbocycles. The quantitative estimate of drug-likeness (QED) is 0.771. The Morgan fingerprint density at radius 2 is 2.19 bits per heavy atom. The molecule has 1 aliphatic rings. The van der Waals surface area contributed by atoms with Gasteiger partial charge in [0, 0.05) is 29.5 Å². The fourth-order valence-corrected chi connectivity index (χ4v) is 2.19. The number of aryl methyl sites for hydroxylation is 1. The summed E-state index contributed by atoms with van der Waals surface area (Å²) in [5.74, 6) is 0.222. The van der Waals surface area contributed by atoms with E-state index in [1.807, 2.05) is 13.0 Å². The van der Waals surface area contributed by atoms with Gasteiger partial charge in [0.2, 0.25) is 0 Å². The number of carbonyl (C=O) groups excluding carboxylic acids is 1. The Morgan fingerprint density at radius 3 is 2.69 bits per heavy atom. The zero-order chi connectivity index (χ0) is 11.7. The Kier molecular flexibility index (Phi) is 3.15. The lowest BCUT2D eigenvalue weighted by atomic mass is 10.1. The number of nitrogens with one attached hydrogen (secondary N) is 1. The smallest absolute Gasteiger partial charge is 0.178 e. The van der Waals surface area contributed by atoms with E-state index >= 15 is 0 Å². The molecule has 0 radical (unpaired) electrons. The van der Waals surface area contributed by atoms with Crippen LogP contribution in [0.2, 0.25) is 0 Å². The number of Topliss-reactive ketones (excluding diaryl/α,β-unsaturated/α-hetero) is 1. The fraction of sp³-hybridized carbons (Fsp3) is 0.615. The number of carbonyl (C=O) groups is 1. The molecule has 1 heterocycles. The van der Waals surface area contributed by atoms with E-state index in [1.165, 1.54) is 18.5 Å². The molecule has 0 saturated heterocycles. The maximum absolute atomic E-state index is 12.0. The van der Waals surface area contributed by atoms with Crippen molar-refractivity contribution in [2.24, 2.45) is 0 Å². The number of rotatable bonds is 5. The molecule has 3 nitrogen and oxygen atoms in total. The van der Waals surface area contributed by atoms with Crippen molar-refractivity contribution >= 4 is 5.78 Å². The van der Waals surface area contributed by atoms with Gasteiger partial charge in [-0.1, -0.05) is 0 Å². The summed E-state index contributed by atoms with van der Waals surface area (Å²) in [5, 5.41) is 3.27. The first-order chi connectivity index (χ1) is 7.63. The van der Waals surface area contributed by atoms with E-state index in [9.17, 15) is 4.79 Å². The average Bonchev–Trinajstić information content (AvgIpc) is 3.02. The highest BCUT2D eigenvalue weighted by atomic mass is 16.1. The summed E-state index contributed by atoms with van der Waals surface area (Å²) in [6.07, 6.45) is 2.45. The maximum Gasteiger partial charge on any atom is 0.178 e. The second-order valence-corrected chi connectivity index (χ2v) is 4.61. The Hall–Kier alpha value is -1.09. The predicted molar refractivity (Wildman–Crippen MR) is 64.9 cm³/mol. The number of ketones is 1. The summed E-state index contributed by atoms with van der Waals surface area (Å²) in [5.41, 5.74) is 3.16. The second-order valence-electron chi connectivity index (χ2n) is 4.61. The molecule has 0 amide bonds. The zero-order valence-corrected chi connectivity index (χ0v) is 10.3. The van der Waals surface area contributed by atoms with Gasteiger partial charge in [0.25, 0.3) is 0 Å². The summed E-state index contributed by atoms with van der Waals surface area (Å²) in [6, 6.07) is 2.61. The third kappa shape index (κ3) is 2.19. The Bertz CT molecular complexity index is 402. The highest BCUT2D eigenvalue weighted by Gasteiger charge is 2.22. The van der Waals surface area contributed by atoms with Crippen LogP contribution in [0.5, 0.6) is 0 Å². The van der Waals surface area contributed by atoms with Crippen LogP contribution in [-0.2, 0) is 6.54 Å². The van der Waals surface area contributed by atoms with E-state index in [0.29, 0.717) is 12.6 Å². The van der Waals surface area contributed by atoms with E-state index in [0.717, 1.165) is 17.8 Å². The summed E-state index contributed by atoms with van der Waals surface area (Å²) in [6.45, 7) is 7.61. The first kappa shape index (κ1) is 11.4. The van der Waals surface area contributed by atoms with Gasteiger partial charge in [-0.3, -0.25) is 4.79 Å². The van der Waals surface area contributed by atoms with Crippen LogP contribution >= 0.6 is 0 Å². The van der Waals surface area contributed by atoms with Crippen molar-refractivity contribution in [3.05, 3.63) is 23.0 Å². The number of aromatic nitrogens is 1. The molecule has 0 aliphatic heterocycles. The van der Waals surface area contributed by atoms with Gasteiger partial charge in [-0.05, 0) is 39.7 Å². The lowest BCUT2D eigenvalue weighted by molar-refractivity contribution is 0.0990. The first-order valence-electron chi connectivity index (χ1n) is 6.06. The molecule has 1 fully saturated rings. The van der Waals surface area contributed by atoms with Gasteiger partial charge in [-0.15, -0.1) is 0 Å². The first-order valence-corrected chi connectivity index (χ1v) is 6.06. The normalized spacial score (nSPS) is 15.4. The van der Waals surface area contributed by atoms with Crippen LogP contribution in [0, 0.1) is 13.8 Å². The average molecular weight is 220 g/mol. The largest absolute Gasteiger partial charge is 0.349 e. The molecule has 1 saturated carbocycles. The molecule has 0 bridgehead atoms. The minimum absolute atomic E-state index is 0.222. The molecule has 0 spiro atoms. The molecule has 1 aliphatic carbocycles. The van der Waals surface area contributed by atoms with Gasteiger partial charge in [-0.25, -0.2) is 0 Å². The summed E-state index contributed by atoms with van der Waals surface area (Å²) < 4.78 is 2.18. The van der Waals surface area contributed by atoms with Gasteiger partial charge in [-0.2, -0.15) is 0 Å². The lowest BCUT2D eigenvalue weighted by Crippen LogP contribution is -2.25.